The minimum absolute atomic E-state index is 0.151. The average molecular weight is 395 g/mol. The lowest BCUT2D eigenvalue weighted by molar-refractivity contribution is -0.115. The summed E-state index contributed by atoms with van der Waals surface area (Å²) in [7, 11) is 1.60. The van der Waals surface area contributed by atoms with Crippen molar-refractivity contribution in [1.82, 2.24) is 4.98 Å². The molecule has 1 heterocycles. The molecule has 0 fully saturated rings. The van der Waals surface area contributed by atoms with Crippen molar-refractivity contribution in [3.05, 3.63) is 52.3 Å². The van der Waals surface area contributed by atoms with Crippen LogP contribution < -0.4 is 10.1 Å². The van der Waals surface area contributed by atoms with Gasteiger partial charge in [0, 0.05) is 0 Å². The highest BCUT2D eigenvalue weighted by Crippen LogP contribution is 2.29. The van der Waals surface area contributed by atoms with Crippen molar-refractivity contribution in [2.24, 2.45) is 0 Å². The van der Waals surface area contributed by atoms with E-state index < -0.39 is 0 Å². The first-order valence-electron chi connectivity index (χ1n) is 6.73. The summed E-state index contributed by atoms with van der Waals surface area (Å²) in [4.78, 5) is 16.5. The zero-order valence-electron chi connectivity index (χ0n) is 12.1. The number of carbonyl (C=O) groups is 1. The number of fused-ring (bicyclic) bond motifs is 1. The lowest BCUT2D eigenvalue weighted by Crippen LogP contribution is -2.14. The minimum atomic E-state index is -0.353. The van der Waals surface area contributed by atoms with Crippen LogP contribution in [-0.4, -0.2) is 18.0 Å². The zero-order chi connectivity index (χ0) is 16.4. The summed E-state index contributed by atoms with van der Waals surface area (Å²) in [5.41, 5.74) is 1.52. The number of aromatic nitrogens is 1. The summed E-state index contributed by atoms with van der Waals surface area (Å²) < 4.78 is 19.6. The van der Waals surface area contributed by atoms with Crippen molar-refractivity contribution in [2.45, 2.75) is 6.42 Å². The van der Waals surface area contributed by atoms with Crippen molar-refractivity contribution >= 4 is 48.5 Å². The van der Waals surface area contributed by atoms with Gasteiger partial charge >= 0.3 is 0 Å². The van der Waals surface area contributed by atoms with E-state index in [0.29, 0.717) is 9.60 Å². The summed E-state index contributed by atoms with van der Waals surface area (Å²) >= 11 is 4.49. The van der Waals surface area contributed by atoms with Gasteiger partial charge in [-0.3, -0.25) is 4.79 Å². The first-order valence-corrected chi connectivity index (χ1v) is 8.34. The largest absolute Gasteiger partial charge is 0.497 e. The van der Waals surface area contributed by atoms with Gasteiger partial charge < -0.3 is 10.1 Å². The number of halogens is 2. The maximum Gasteiger partial charge on any atom is 0.230 e. The van der Waals surface area contributed by atoms with Gasteiger partial charge in [-0.25, -0.2) is 9.37 Å². The summed E-state index contributed by atoms with van der Waals surface area (Å²) in [6.45, 7) is 0. The van der Waals surface area contributed by atoms with E-state index in [0.717, 1.165) is 21.5 Å². The first-order chi connectivity index (χ1) is 11.0. The second kappa shape index (κ2) is 6.64. The Balaban J connectivity index is 1.73. The highest BCUT2D eigenvalue weighted by molar-refractivity contribution is 9.10. The number of ether oxygens (including phenoxy) is 1. The van der Waals surface area contributed by atoms with Crippen LogP contribution in [0.5, 0.6) is 5.75 Å². The Bertz CT molecular complexity index is 882. The number of anilines is 1. The molecule has 0 saturated carbocycles. The molecule has 0 spiro atoms. The van der Waals surface area contributed by atoms with Crippen LogP contribution in [0, 0.1) is 5.82 Å². The molecule has 0 bridgehead atoms. The second-order valence-electron chi connectivity index (χ2n) is 4.83. The Morgan fingerprint density at radius 3 is 2.91 bits per heavy atom. The predicted octanol–water partition coefficient (Wildman–Crippen LogP) is 4.39. The number of thiazole rings is 1. The molecular formula is C16H12BrFN2O2S. The van der Waals surface area contributed by atoms with Gasteiger partial charge in [-0.05, 0) is 51.8 Å². The SMILES string of the molecule is COc1ccc2nc(NC(=O)Cc3ccc(F)c(Br)c3)sc2c1. The van der Waals surface area contributed by atoms with E-state index in [1.54, 1.807) is 19.2 Å². The number of benzene rings is 2. The van der Waals surface area contributed by atoms with Gasteiger partial charge in [0.05, 0.1) is 28.2 Å². The highest BCUT2D eigenvalue weighted by atomic mass is 79.9. The lowest BCUT2D eigenvalue weighted by atomic mass is 10.1. The second-order valence-corrected chi connectivity index (χ2v) is 6.71. The maximum absolute atomic E-state index is 13.2. The van der Waals surface area contributed by atoms with Crippen molar-refractivity contribution in [3.8, 4) is 5.75 Å². The summed E-state index contributed by atoms with van der Waals surface area (Å²) in [6.07, 6.45) is 0.151. The molecule has 1 amide bonds. The van der Waals surface area contributed by atoms with E-state index in [1.807, 2.05) is 18.2 Å². The van der Waals surface area contributed by atoms with Crippen LogP contribution in [0.4, 0.5) is 9.52 Å². The van der Waals surface area contributed by atoms with E-state index in [9.17, 15) is 9.18 Å². The van der Waals surface area contributed by atoms with Crippen LogP contribution in [0.3, 0.4) is 0 Å². The van der Waals surface area contributed by atoms with Gasteiger partial charge in [-0.1, -0.05) is 17.4 Å². The molecule has 0 unspecified atom stereocenters. The molecular weight excluding hydrogens is 383 g/mol. The maximum atomic E-state index is 13.2. The normalized spacial score (nSPS) is 10.7. The minimum Gasteiger partial charge on any atom is -0.497 e. The van der Waals surface area contributed by atoms with Gasteiger partial charge in [-0.2, -0.15) is 0 Å². The van der Waals surface area contributed by atoms with Crippen LogP contribution in [0.2, 0.25) is 0 Å². The number of nitrogens with one attached hydrogen (secondary N) is 1. The molecule has 3 rings (SSSR count). The summed E-state index contributed by atoms with van der Waals surface area (Å²) in [6, 6.07) is 10.1. The van der Waals surface area contributed by atoms with Crippen LogP contribution in [0.15, 0.2) is 40.9 Å². The van der Waals surface area contributed by atoms with E-state index in [2.05, 4.69) is 26.2 Å². The number of hydrogen-bond donors (Lipinski definition) is 1. The number of hydrogen-bond acceptors (Lipinski definition) is 4. The summed E-state index contributed by atoms with van der Waals surface area (Å²) in [5.74, 6) is 0.194. The smallest absolute Gasteiger partial charge is 0.230 e. The van der Waals surface area contributed by atoms with Gasteiger partial charge in [0.25, 0.3) is 0 Å². The quantitative estimate of drug-likeness (QED) is 0.713. The van der Waals surface area contributed by atoms with Gasteiger partial charge in [0.2, 0.25) is 5.91 Å². The molecule has 1 N–H and O–H groups in total. The molecule has 0 aliphatic heterocycles. The lowest BCUT2D eigenvalue weighted by Gasteiger charge is -2.03. The molecule has 0 aliphatic carbocycles. The van der Waals surface area contributed by atoms with E-state index >= 15 is 0 Å². The fourth-order valence-electron chi connectivity index (χ4n) is 2.08. The average Bonchev–Trinajstić information content (AvgIpc) is 2.91. The molecule has 118 valence electrons. The molecule has 3 aromatic rings. The fourth-order valence-corrected chi connectivity index (χ4v) is 3.42. The number of carbonyl (C=O) groups excluding carboxylic acids is 1. The Hall–Kier alpha value is -1.99. The van der Waals surface area contributed by atoms with Crippen molar-refractivity contribution in [1.29, 1.82) is 0 Å². The van der Waals surface area contributed by atoms with Crippen LogP contribution >= 0.6 is 27.3 Å². The Labute approximate surface area is 144 Å². The Kier molecular flexibility index (Phi) is 4.58. The standard InChI is InChI=1S/C16H12BrFN2O2S/c1-22-10-3-5-13-14(8-10)23-16(19-13)20-15(21)7-9-2-4-12(18)11(17)6-9/h2-6,8H,7H2,1H3,(H,19,20,21). The molecule has 1 aromatic heterocycles. The molecule has 0 atom stereocenters. The summed E-state index contributed by atoms with van der Waals surface area (Å²) in [5, 5.41) is 3.30. The first kappa shape index (κ1) is 15.9. The van der Waals surface area contributed by atoms with Crippen LogP contribution in [0.25, 0.3) is 10.2 Å². The van der Waals surface area contributed by atoms with E-state index in [1.165, 1.54) is 17.4 Å². The van der Waals surface area contributed by atoms with E-state index in [4.69, 9.17) is 4.74 Å². The van der Waals surface area contributed by atoms with Crippen LogP contribution in [0.1, 0.15) is 5.56 Å². The zero-order valence-corrected chi connectivity index (χ0v) is 14.5. The molecule has 23 heavy (non-hydrogen) atoms. The number of methoxy groups -OCH3 is 1. The molecule has 7 heteroatoms. The molecule has 4 nitrogen and oxygen atoms in total. The Morgan fingerprint density at radius 1 is 1.35 bits per heavy atom. The topological polar surface area (TPSA) is 51.2 Å². The van der Waals surface area contributed by atoms with Crippen LogP contribution in [-0.2, 0) is 11.2 Å². The van der Waals surface area contributed by atoms with Gasteiger partial charge in [0.15, 0.2) is 5.13 Å². The Morgan fingerprint density at radius 2 is 2.17 bits per heavy atom. The van der Waals surface area contributed by atoms with Crippen molar-refractivity contribution in [3.63, 3.8) is 0 Å². The van der Waals surface area contributed by atoms with Gasteiger partial charge in [0.1, 0.15) is 11.6 Å². The molecule has 0 saturated heterocycles. The van der Waals surface area contributed by atoms with E-state index in [-0.39, 0.29) is 18.1 Å². The number of rotatable bonds is 4. The number of amides is 1. The molecule has 0 radical (unpaired) electrons. The third-order valence-corrected chi connectivity index (χ3v) is 4.73. The number of nitrogens with zero attached hydrogens (tertiary/aromatic N) is 1. The predicted molar refractivity (Wildman–Crippen MR) is 92.6 cm³/mol. The fraction of sp³-hybridized carbons (Fsp3) is 0.125. The molecule has 0 aliphatic rings. The van der Waals surface area contributed by atoms with Gasteiger partial charge in [-0.15, -0.1) is 0 Å². The van der Waals surface area contributed by atoms with Crippen molar-refractivity contribution in [2.75, 3.05) is 12.4 Å². The molecule has 2 aromatic carbocycles. The highest BCUT2D eigenvalue weighted by Gasteiger charge is 2.10. The third kappa shape index (κ3) is 3.68. The van der Waals surface area contributed by atoms with Crippen molar-refractivity contribution < 1.29 is 13.9 Å². The third-order valence-electron chi connectivity index (χ3n) is 3.19. The monoisotopic (exact) mass is 394 g/mol.